The normalized spacial score (nSPS) is 11.3. The smallest absolute Gasteiger partial charge is 0.397 e. The van der Waals surface area contributed by atoms with Gasteiger partial charge in [-0.05, 0) is 12.1 Å². The second-order valence-electron chi connectivity index (χ2n) is 3.62. The van der Waals surface area contributed by atoms with Crippen molar-refractivity contribution in [3.8, 4) is 0 Å². The van der Waals surface area contributed by atoms with Crippen LogP contribution in [0.5, 0.6) is 0 Å². The molecule has 4 nitrogen and oxygen atoms in total. The largest absolute Gasteiger partial charge is 0.406 e. The Morgan fingerprint density at radius 3 is 2.59 bits per heavy atom. The number of nitrogens with two attached hydrogens (primary N) is 1. The fraction of sp³-hybridized carbons (Fsp3) is 0.400. The summed E-state index contributed by atoms with van der Waals surface area (Å²) in [5, 5.41) is 0. The van der Waals surface area contributed by atoms with E-state index in [0.29, 0.717) is 16.3 Å². The number of hydrogen-bond acceptors (Lipinski definition) is 3. The van der Waals surface area contributed by atoms with Gasteiger partial charge in [0.1, 0.15) is 6.54 Å². The van der Waals surface area contributed by atoms with Gasteiger partial charge in [-0.1, -0.05) is 0 Å². The number of nitrogen functional groups attached to an aromatic ring is 1. The number of alkyl halides is 3. The molecular weight excluding hydrogens is 235 g/mol. The highest BCUT2D eigenvalue weighted by Gasteiger charge is 2.31. The van der Waals surface area contributed by atoms with Crippen molar-refractivity contribution in [2.24, 2.45) is 0 Å². The number of halogens is 3. The molecule has 0 aliphatic carbocycles. The van der Waals surface area contributed by atoms with Crippen LogP contribution in [0.4, 0.5) is 18.9 Å². The molecule has 0 aliphatic rings. The van der Waals surface area contributed by atoms with E-state index in [9.17, 15) is 18.0 Å². The monoisotopic (exact) mass is 247 g/mol. The van der Waals surface area contributed by atoms with Crippen LogP contribution in [0.15, 0.2) is 18.3 Å². The zero-order chi connectivity index (χ0) is 13.1. The van der Waals surface area contributed by atoms with Crippen molar-refractivity contribution in [3.05, 3.63) is 24.0 Å². The van der Waals surface area contributed by atoms with Gasteiger partial charge in [-0.15, -0.1) is 0 Å². The standard InChI is InChI=1S/C10H12F3N3O/c1-16(6-10(11,12)13)9(17)4-8-3-2-7(14)5-15-8/h2-3,5H,4,6,14H2,1H3. The molecule has 0 aliphatic heterocycles. The van der Waals surface area contributed by atoms with Gasteiger partial charge in [0.15, 0.2) is 0 Å². The fourth-order valence-electron chi connectivity index (χ4n) is 1.19. The van der Waals surface area contributed by atoms with Gasteiger partial charge in [0.2, 0.25) is 5.91 Å². The third-order valence-corrected chi connectivity index (χ3v) is 2.02. The molecule has 0 unspecified atom stereocenters. The van der Waals surface area contributed by atoms with E-state index in [1.165, 1.54) is 12.3 Å². The molecule has 1 amide bonds. The van der Waals surface area contributed by atoms with Crippen molar-refractivity contribution in [2.75, 3.05) is 19.3 Å². The highest BCUT2D eigenvalue weighted by Crippen LogP contribution is 2.16. The minimum absolute atomic E-state index is 0.174. The maximum absolute atomic E-state index is 12.0. The Kier molecular flexibility index (Phi) is 3.93. The first-order valence-corrected chi connectivity index (χ1v) is 4.79. The maximum atomic E-state index is 12.0. The molecule has 17 heavy (non-hydrogen) atoms. The van der Waals surface area contributed by atoms with Crippen LogP contribution in [0.1, 0.15) is 5.69 Å². The predicted octanol–water partition coefficient (Wildman–Crippen LogP) is 1.23. The Morgan fingerprint density at radius 1 is 1.47 bits per heavy atom. The molecular formula is C10H12F3N3O. The third kappa shape index (κ3) is 4.71. The maximum Gasteiger partial charge on any atom is 0.406 e. The summed E-state index contributed by atoms with van der Waals surface area (Å²) in [4.78, 5) is 15.9. The molecule has 0 saturated carbocycles. The minimum atomic E-state index is -4.39. The van der Waals surface area contributed by atoms with Crippen LogP contribution >= 0.6 is 0 Å². The van der Waals surface area contributed by atoms with E-state index < -0.39 is 18.6 Å². The van der Waals surface area contributed by atoms with Crippen LogP contribution in [0, 0.1) is 0 Å². The van der Waals surface area contributed by atoms with Crippen LogP contribution in [-0.4, -0.2) is 35.6 Å². The number of aromatic nitrogens is 1. The molecule has 1 aromatic heterocycles. The van der Waals surface area contributed by atoms with Crippen LogP contribution in [0.2, 0.25) is 0 Å². The van der Waals surface area contributed by atoms with E-state index in [2.05, 4.69) is 4.98 Å². The summed E-state index contributed by atoms with van der Waals surface area (Å²) >= 11 is 0. The third-order valence-electron chi connectivity index (χ3n) is 2.02. The molecule has 0 radical (unpaired) electrons. The molecule has 1 rings (SSSR count). The Bertz CT molecular complexity index is 389. The summed E-state index contributed by atoms with van der Waals surface area (Å²) in [6.45, 7) is -1.26. The number of anilines is 1. The lowest BCUT2D eigenvalue weighted by Crippen LogP contribution is -2.36. The number of carbonyl (C=O) groups excluding carboxylic acids is 1. The number of likely N-dealkylation sites (N-methyl/N-ethyl adjacent to an activating group) is 1. The second-order valence-corrected chi connectivity index (χ2v) is 3.62. The zero-order valence-electron chi connectivity index (χ0n) is 9.16. The van der Waals surface area contributed by atoms with Crippen molar-refractivity contribution < 1.29 is 18.0 Å². The van der Waals surface area contributed by atoms with Crippen LogP contribution in [-0.2, 0) is 11.2 Å². The Morgan fingerprint density at radius 2 is 2.12 bits per heavy atom. The van der Waals surface area contributed by atoms with Crippen LogP contribution in [0.25, 0.3) is 0 Å². The van der Waals surface area contributed by atoms with E-state index in [-0.39, 0.29) is 6.42 Å². The molecule has 94 valence electrons. The van der Waals surface area contributed by atoms with Crippen molar-refractivity contribution in [2.45, 2.75) is 12.6 Å². The van der Waals surface area contributed by atoms with Crippen molar-refractivity contribution >= 4 is 11.6 Å². The highest BCUT2D eigenvalue weighted by atomic mass is 19.4. The first-order chi connectivity index (χ1) is 7.78. The lowest BCUT2D eigenvalue weighted by atomic mass is 10.2. The number of carbonyl (C=O) groups is 1. The fourth-order valence-corrected chi connectivity index (χ4v) is 1.19. The minimum Gasteiger partial charge on any atom is -0.397 e. The molecule has 0 fully saturated rings. The Balaban J connectivity index is 2.57. The summed E-state index contributed by atoms with van der Waals surface area (Å²) in [5.41, 5.74) is 6.22. The van der Waals surface area contributed by atoms with E-state index in [1.54, 1.807) is 6.07 Å². The van der Waals surface area contributed by atoms with Crippen molar-refractivity contribution in [1.29, 1.82) is 0 Å². The molecule has 0 atom stereocenters. The second kappa shape index (κ2) is 5.03. The van der Waals surface area contributed by atoms with Crippen molar-refractivity contribution in [3.63, 3.8) is 0 Å². The topological polar surface area (TPSA) is 59.2 Å². The molecule has 1 aromatic rings. The predicted molar refractivity (Wildman–Crippen MR) is 56.0 cm³/mol. The lowest BCUT2D eigenvalue weighted by molar-refractivity contribution is -0.158. The van der Waals surface area contributed by atoms with Crippen LogP contribution < -0.4 is 5.73 Å². The first-order valence-electron chi connectivity index (χ1n) is 4.79. The molecule has 0 bridgehead atoms. The quantitative estimate of drug-likeness (QED) is 0.873. The Hall–Kier alpha value is -1.79. The van der Waals surface area contributed by atoms with Crippen LogP contribution in [0.3, 0.4) is 0 Å². The summed E-state index contributed by atoms with van der Waals surface area (Å²) in [6.07, 6.45) is -3.21. The SMILES string of the molecule is CN(CC(F)(F)F)C(=O)Cc1ccc(N)cn1. The van der Waals surface area contributed by atoms with E-state index in [4.69, 9.17) is 5.73 Å². The molecule has 0 aromatic carbocycles. The van der Waals surface area contributed by atoms with Crippen molar-refractivity contribution in [1.82, 2.24) is 9.88 Å². The number of nitrogens with zero attached hydrogens (tertiary/aromatic N) is 2. The first kappa shape index (κ1) is 13.3. The van der Waals surface area contributed by atoms with Gasteiger partial charge in [-0.3, -0.25) is 9.78 Å². The zero-order valence-corrected chi connectivity index (χ0v) is 9.16. The number of pyridine rings is 1. The van der Waals surface area contributed by atoms with E-state index in [1.807, 2.05) is 0 Å². The highest BCUT2D eigenvalue weighted by molar-refractivity contribution is 5.78. The van der Waals surface area contributed by atoms with E-state index >= 15 is 0 Å². The summed E-state index contributed by atoms with van der Waals surface area (Å²) < 4.78 is 36.1. The molecule has 7 heteroatoms. The number of hydrogen-bond donors (Lipinski definition) is 1. The summed E-state index contributed by atoms with van der Waals surface area (Å²) in [7, 11) is 1.10. The van der Waals surface area contributed by atoms with Gasteiger partial charge in [0, 0.05) is 12.7 Å². The average molecular weight is 247 g/mol. The van der Waals surface area contributed by atoms with Gasteiger partial charge in [-0.25, -0.2) is 0 Å². The van der Waals surface area contributed by atoms with Gasteiger partial charge in [0.05, 0.1) is 18.3 Å². The van der Waals surface area contributed by atoms with Gasteiger partial charge in [0.25, 0.3) is 0 Å². The van der Waals surface area contributed by atoms with E-state index in [0.717, 1.165) is 7.05 Å². The average Bonchev–Trinajstić information content (AvgIpc) is 2.19. The number of rotatable bonds is 3. The summed E-state index contributed by atoms with van der Waals surface area (Å²) in [5.74, 6) is -0.639. The van der Waals surface area contributed by atoms with Gasteiger partial charge in [-0.2, -0.15) is 13.2 Å². The number of amides is 1. The molecule has 1 heterocycles. The lowest BCUT2D eigenvalue weighted by Gasteiger charge is -2.18. The molecule has 2 N–H and O–H groups in total. The van der Waals surface area contributed by atoms with Gasteiger partial charge >= 0.3 is 6.18 Å². The van der Waals surface area contributed by atoms with Gasteiger partial charge < -0.3 is 10.6 Å². The summed E-state index contributed by atoms with van der Waals surface area (Å²) in [6, 6.07) is 3.05. The molecule has 0 saturated heterocycles. The Labute approximate surface area is 96.2 Å². The molecule has 0 spiro atoms.